The third-order valence-corrected chi connectivity index (χ3v) is 5.29. The van der Waals surface area contributed by atoms with Gasteiger partial charge in [0, 0.05) is 48.6 Å². The van der Waals surface area contributed by atoms with Gasteiger partial charge in [-0.2, -0.15) is 0 Å². The van der Waals surface area contributed by atoms with E-state index in [1.165, 1.54) is 33.2 Å². The van der Waals surface area contributed by atoms with Crippen LogP contribution in [0, 0.1) is 6.92 Å². The number of thioether (sulfide) groups is 1. The van der Waals surface area contributed by atoms with E-state index in [4.69, 9.17) is 0 Å². The van der Waals surface area contributed by atoms with Gasteiger partial charge in [0.2, 0.25) is 0 Å². The first-order chi connectivity index (χ1) is 10.1. The molecular weight excluding hydrogens is 276 g/mol. The third-order valence-electron chi connectivity index (χ3n) is 4.04. The van der Waals surface area contributed by atoms with Crippen LogP contribution in [-0.4, -0.2) is 26.4 Å². The lowest BCUT2D eigenvalue weighted by Gasteiger charge is -2.18. The van der Waals surface area contributed by atoms with Crippen LogP contribution in [0.3, 0.4) is 0 Å². The molecule has 0 aromatic heterocycles. The fourth-order valence-electron chi connectivity index (χ4n) is 2.84. The van der Waals surface area contributed by atoms with Crippen molar-refractivity contribution >= 4 is 23.1 Å². The molecule has 1 unspecified atom stereocenters. The van der Waals surface area contributed by atoms with Gasteiger partial charge in [0.1, 0.15) is 0 Å². The SMILES string of the molecule is Cc1ccc(NCC2CSc3ccccc32)cc1N(C)C. The van der Waals surface area contributed by atoms with Crippen LogP contribution in [0.15, 0.2) is 47.4 Å². The van der Waals surface area contributed by atoms with E-state index >= 15 is 0 Å². The number of hydrogen-bond donors (Lipinski definition) is 1. The number of nitrogens with one attached hydrogen (secondary N) is 1. The molecule has 21 heavy (non-hydrogen) atoms. The smallest absolute Gasteiger partial charge is 0.0411 e. The van der Waals surface area contributed by atoms with E-state index in [0.29, 0.717) is 5.92 Å². The minimum atomic E-state index is 0.607. The zero-order valence-corrected chi connectivity index (χ0v) is 13.7. The van der Waals surface area contributed by atoms with Crippen LogP contribution >= 0.6 is 11.8 Å². The molecule has 0 fully saturated rings. The zero-order chi connectivity index (χ0) is 14.8. The van der Waals surface area contributed by atoms with Gasteiger partial charge in [-0.05, 0) is 36.2 Å². The fraction of sp³-hybridized carbons (Fsp3) is 0.333. The molecule has 1 aliphatic rings. The first-order valence-electron chi connectivity index (χ1n) is 7.38. The molecule has 2 aromatic rings. The highest BCUT2D eigenvalue weighted by Gasteiger charge is 2.22. The molecule has 0 saturated carbocycles. The maximum Gasteiger partial charge on any atom is 0.0411 e. The standard InChI is InChI=1S/C18H22N2S/c1-13-8-9-15(10-17(13)20(2)3)19-11-14-12-21-18-7-5-4-6-16(14)18/h4-10,14,19H,11-12H2,1-3H3. The molecule has 3 rings (SSSR count). The highest BCUT2D eigenvalue weighted by Crippen LogP contribution is 2.39. The van der Waals surface area contributed by atoms with Gasteiger partial charge in [-0.3, -0.25) is 0 Å². The van der Waals surface area contributed by atoms with Crippen molar-refractivity contribution in [3.8, 4) is 0 Å². The summed E-state index contributed by atoms with van der Waals surface area (Å²) < 4.78 is 0. The fourth-order valence-corrected chi connectivity index (χ4v) is 4.09. The summed E-state index contributed by atoms with van der Waals surface area (Å²) in [6.45, 7) is 3.16. The summed E-state index contributed by atoms with van der Waals surface area (Å²) in [4.78, 5) is 3.61. The Hall–Kier alpha value is -1.61. The first kappa shape index (κ1) is 14.3. The lowest BCUT2D eigenvalue weighted by Crippen LogP contribution is -2.14. The predicted octanol–water partition coefficient (Wildman–Crippen LogP) is 4.36. The van der Waals surface area contributed by atoms with Gasteiger partial charge in [-0.25, -0.2) is 0 Å². The van der Waals surface area contributed by atoms with Crippen molar-refractivity contribution in [1.29, 1.82) is 0 Å². The minimum absolute atomic E-state index is 0.607. The number of aryl methyl sites for hydroxylation is 1. The van der Waals surface area contributed by atoms with Crippen LogP contribution in [0.1, 0.15) is 17.0 Å². The van der Waals surface area contributed by atoms with E-state index in [1.54, 1.807) is 0 Å². The van der Waals surface area contributed by atoms with E-state index in [9.17, 15) is 0 Å². The largest absolute Gasteiger partial charge is 0.384 e. The summed E-state index contributed by atoms with van der Waals surface area (Å²) in [7, 11) is 4.19. The van der Waals surface area contributed by atoms with Crippen molar-refractivity contribution in [3.05, 3.63) is 53.6 Å². The molecule has 2 nitrogen and oxygen atoms in total. The molecule has 0 amide bonds. The molecule has 1 N–H and O–H groups in total. The van der Waals surface area contributed by atoms with Gasteiger partial charge in [-0.15, -0.1) is 11.8 Å². The zero-order valence-electron chi connectivity index (χ0n) is 12.9. The van der Waals surface area contributed by atoms with Crippen molar-refractivity contribution in [2.75, 3.05) is 36.6 Å². The van der Waals surface area contributed by atoms with Gasteiger partial charge in [0.25, 0.3) is 0 Å². The number of fused-ring (bicyclic) bond motifs is 1. The third kappa shape index (κ3) is 3.03. The Morgan fingerprint density at radius 2 is 2.00 bits per heavy atom. The molecule has 0 aliphatic carbocycles. The highest BCUT2D eigenvalue weighted by molar-refractivity contribution is 7.99. The Morgan fingerprint density at radius 1 is 1.19 bits per heavy atom. The molecule has 0 saturated heterocycles. The second kappa shape index (κ2) is 6.02. The summed E-state index contributed by atoms with van der Waals surface area (Å²) in [6.07, 6.45) is 0. The lowest BCUT2D eigenvalue weighted by molar-refractivity contribution is 0.819. The van der Waals surface area contributed by atoms with Gasteiger partial charge in [0.05, 0.1) is 0 Å². The predicted molar refractivity (Wildman–Crippen MR) is 93.9 cm³/mol. The molecule has 1 heterocycles. The minimum Gasteiger partial charge on any atom is -0.384 e. The van der Waals surface area contributed by atoms with Crippen molar-refractivity contribution < 1.29 is 0 Å². The summed E-state index contributed by atoms with van der Waals surface area (Å²) in [5, 5.41) is 3.61. The average molecular weight is 298 g/mol. The number of nitrogens with zero attached hydrogens (tertiary/aromatic N) is 1. The maximum atomic E-state index is 3.61. The summed E-state index contributed by atoms with van der Waals surface area (Å²) in [5.74, 6) is 1.79. The van der Waals surface area contributed by atoms with Crippen LogP contribution in [0.2, 0.25) is 0 Å². The number of anilines is 2. The summed E-state index contributed by atoms with van der Waals surface area (Å²) in [6, 6.07) is 15.4. The molecule has 2 aromatic carbocycles. The molecule has 0 spiro atoms. The molecule has 110 valence electrons. The second-order valence-electron chi connectivity index (χ2n) is 5.82. The van der Waals surface area contributed by atoms with E-state index in [1.807, 2.05) is 11.8 Å². The summed E-state index contributed by atoms with van der Waals surface area (Å²) >= 11 is 1.97. The van der Waals surface area contributed by atoms with Crippen LogP contribution in [-0.2, 0) is 0 Å². The Morgan fingerprint density at radius 3 is 2.81 bits per heavy atom. The highest BCUT2D eigenvalue weighted by atomic mass is 32.2. The molecule has 0 bridgehead atoms. The van der Waals surface area contributed by atoms with Crippen molar-refractivity contribution in [2.24, 2.45) is 0 Å². The monoisotopic (exact) mass is 298 g/mol. The van der Waals surface area contributed by atoms with Crippen molar-refractivity contribution in [2.45, 2.75) is 17.7 Å². The topological polar surface area (TPSA) is 15.3 Å². The van der Waals surface area contributed by atoms with E-state index in [2.05, 4.69) is 73.7 Å². The van der Waals surface area contributed by atoms with Crippen molar-refractivity contribution in [1.82, 2.24) is 0 Å². The van der Waals surface area contributed by atoms with Crippen LogP contribution in [0.5, 0.6) is 0 Å². The van der Waals surface area contributed by atoms with Crippen molar-refractivity contribution in [3.63, 3.8) is 0 Å². The van der Waals surface area contributed by atoms with E-state index in [-0.39, 0.29) is 0 Å². The van der Waals surface area contributed by atoms with Gasteiger partial charge in [-0.1, -0.05) is 24.3 Å². The molecule has 3 heteroatoms. The normalized spacial score (nSPS) is 16.6. The summed E-state index contributed by atoms with van der Waals surface area (Å²) in [5.41, 5.74) is 5.29. The van der Waals surface area contributed by atoms with Gasteiger partial charge < -0.3 is 10.2 Å². The van der Waals surface area contributed by atoms with E-state index in [0.717, 1.165) is 6.54 Å². The first-order valence-corrected chi connectivity index (χ1v) is 8.37. The van der Waals surface area contributed by atoms with Gasteiger partial charge >= 0.3 is 0 Å². The quantitative estimate of drug-likeness (QED) is 0.902. The molecule has 1 atom stereocenters. The Labute approximate surface area is 131 Å². The average Bonchev–Trinajstić information content (AvgIpc) is 2.89. The molecule has 1 aliphatic heterocycles. The number of rotatable bonds is 4. The second-order valence-corrected chi connectivity index (χ2v) is 6.88. The Kier molecular flexibility index (Phi) is 4.11. The Bertz CT molecular complexity index is 637. The maximum absolute atomic E-state index is 3.61. The lowest BCUT2D eigenvalue weighted by atomic mass is 10.0. The van der Waals surface area contributed by atoms with E-state index < -0.39 is 0 Å². The van der Waals surface area contributed by atoms with Gasteiger partial charge in [0.15, 0.2) is 0 Å². The van der Waals surface area contributed by atoms with Crippen LogP contribution in [0.25, 0.3) is 0 Å². The Balaban J connectivity index is 1.70. The number of hydrogen-bond acceptors (Lipinski definition) is 3. The van der Waals surface area contributed by atoms with Crippen LogP contribution in [0.4, 0.5) is 11.4 Å². The van der Waals surface area contributed by atoms with Crippen LogP contribution < -0.4 is 10.2 Å². The molecule has 0 radical (unpaired) electrons. The molecular formula is C18H22N2S. The number of benzene rings is 2.